The lowest BCUT2D eigenvalue weighted by Crippen LogP contribution is -2.31. The summed E-state index contributed by atoms with van der Waals surface area (Å²) < 4.78 is 0.752. The molecule has 0 saturated carbocycles. The van der Waals surface area contributed by atoms with Crippen LogP contribution < -0.4 is 5.32 Å². The van der Waals surface area contributed by atoms with Crippen molar-refractivity contribution in [1.29, 1.82) is 0 Å². The lowest BCUT2D eigenvalue weighted by Gasteiger charge is -2.13. The van der Waals surface area contributed by atoms with Crippen LogP contribution in [-0.2, 0) is 11.2 Å². The Bertz CT molecular complexity index is 452. The summed E-state index contributed by atoms with van der Waals surface area (Å²) >= 11 is 3.37. The molecule has 18 heavy (non-hydrogen) atoms. The van der Waals surface area contributed by atoms with Gasteiger partial charge in [-0.2, -0.15) is 0 Å². The molecule has 0 aromatic carbocycles. The van der Waals surface area contributed by atoms with E-state index in [2.05, 4.69) is 38.1 Å². The van der Waals surface area contributed by atoms with Gasteiger partial charge >= 0.3 is 0 Å². The molecule has 5 nitrogen and oxygen atoms in total. The standard InChI is InChI=1S/C12H17BrN4O/c1-3-4-10-15-9(13)7-11(16-10)14-8-5-6-17(2)12(8)18/h7-8H,3-6H2,1-2H3,(H,14,15,16). The van der Waals surface area contributed by atoms with Gasteiger partial charge < -0.3 is 10.2 Å². The van der Waals surface area contributed by atoms with Crippen LogP contribution in [0.25, 0.3) is 0 Å². The van der Waals surface area contributed by atoms with E-state index in [-0.39, 0.29) is 11.9 Å². The minimum atomic E-state index is -0.161. The molecule has 0 spiro atoms. The molecular weight excluding hydrogens is 296 g/mol. The summed E-state index contributed by atoms with van der Waals surface area (Å²) in [4.78, 5) is 22.3. The SMILES string of the molecule is CCCc1nc(Br)cc(NC2CCN(C)C2=O)n1. The molecule has 1 atom stereocenters. The Morgan fingerprint density at radius 1 is 1.56 bits per heavy atom. The molecule has 1 unspecified atom stereocenters. The van der Waals surface area contributed by atoms with Crippen molar-refractivity contribution in [3.8, 4) is 0 Å². The highest BCUT2D eigenvalue weighted by atomic mass is 79.9. The summed E-state index contributed by atoms with van der Waals surface area (Å²) in [6, 6.07) is 1.65. The third-order valence-corrected chi connectivity index (χ3v) is 3.37. The molecule has 1 aliphatic heterocycles. The number of halogens is 1. The zero-order valence-electron chi connectivity index (χ0n) is 10.6. The topological polar surface area (TPSA) is 58.1 Å². The van der Waals surface area contributed by atoms with Gasteiger partial charge in [-0.15, -0.1) is 0 Å². The molecule has 98 valence electrons. The lowest BCUT2D eigenvalue weighted by atomic mass is 10.2. The Hall–Kier alpha value is -1.17. The van der Waals surface area contributed by atoms with Crippen LogP contribution in [-0.4, -0.2) is 40.4 Å². The molecule has 1 aliphatic rings. The van der Waals surface area contributed by atoms with Crippen LogP contribution in [0.3, 0.4) is 0 Å². The van der Waals surface area contributed by atoms with E-state index in [0.29, 0.717) is 5.82 Å². The Morgan fingerprint density at radius 2 is 2.33 bits per heavy atom. The molecule has 1 aromatic rings. The number of nitrogens with one attached hydrogen (secondary N) is 1. The zero-order valence-corrected chi connectivity index (χ0v) is 12.2. The largest absolute Gasteiger partial charge is 0.358 e. The van der Waals surface area contributed by atoms with E-state index >= 15 is 0 Å². The Kier molecular flexibility index (Phi) is 4.16. The second-order valence-electron chi connectivity index (χ2n) is 4.49. The number of likely N-dealkylation sites (tertiary alicyclic amines) is 1. The van der Waals surface area contributed by atoms with E-state index in [0.717, 1.165) is 36.2 Å². The van der Waals surface area contributed by atoms with Crippen molar-refractivity contribution in [1.82, 2.24) is 14.9 Å². The average molecular weight is 313 g/mol. The highest BCUT2D eigenvalue weighted by molar-refractivity contribution is 9.10. The number of hydrogen-bond donors (Lipinski definition) is 1. The minimum Gasteiger partial charge on any atom is -0.358 e. The van der Waals surface area contributed by atoms with Crippen LogP contribution in [0.5, 0.6) is 0 Å². The van der Waals surface area contributed by atoms with Crippen molar-refractivity contribution < 1.29 is 4.79 Å². The summed E-state index contributed by atoms with van der Waals surface area (Å²) in [6.45, 7) is 2.89. The van der Waals surface area contributed by atoms with Gasteiger partial charge in [-0.3, -0.25) is 4.79 Å². The van der Waals surface area contributed by atoms with E-state index in [1.54, 1.807) is 4.90 Å². The van der Waals surface area contributed by atoms with Crippen LogP contribution in [0.1, 0.15) is 25.6 Å². The van der Waals surface area contributed by atoms with Crippen LogP contribution in [0.4, 0.5) is 5.82 Å². The van der Waals surface area contributed by atoms with Gasteiger partial charge in [0.15, 0.2) is 0 Å². The molecule has 0 bridgehead atoms. The van der Waals surface area contributed by atoms with Gasteiger partial charge in [-0.05, 0) is 28.8 Å². The first-order valence-corrected chi connectivity index (χ1v) is 6.94. The predicted molar refractivity (Wildman–Crippen MR) is 73.4 cm³/mol. The summed E-state index contributed by atoms with van der Waals surface area (Å²) in [5.74, 6) is 1.64. The first-order valence-electron chi connectivity index (χ1n) is 6.15. The number of carbonyl (C=O) groups is 1. The van der Waals surface area contributed by atoms with E-state index in [4.69, 9.17) is 0 Å². The third-order valence-electron chi connectivity index (χ3n) is 2.96. The number of likely N-dealkylation sites (N-methyl/N-ethyl adjacent to an activating group) is 1. The Labute approximate surface area is 115 Å². The maximum absolute atomic E-state index is 11.8. The molecule has 0 radical (unpaired) electrons. The van der Waals surface area contributed by atoms with E-state index < -0.39 is 0 Å². The van der Waals surface area contributed by atoms with Crippen molar-refractivity contribution in [3.05, 3.63) is 16.5 Å². The average Bonchev–Trinajstić information content (AvgIpc) is 2.61. The smallest absolute Gasteiger partial charge is 0.244 e. The second kappa shape index (κ2) is 5.65. The van der Waals surface area contributed by atoms with Crippen molar-refractivity contribution in [2.75, 3.05) is 18.9 Å². The maximum atomic E-state index is 11.8. The van der Waals surface area contributed by atoms with Crippen LogP contribution >= 0.6 is 15.9 Å². The second-order valence-corrected chi connectivity index (χ2v) is 5.30. The van der Waals surface area contributed by atoms with Crippen molar-refractivity contribution >= 4 is 27.7 Å². The van der Waals surface area contributed by atoms with Gasteiger partial charge in [-0.1, -0.05) is 6.92 Å². The van der Waals surface area contributed by atoms with Gasteiger partial charge in [0.25, 0.3) is 0 Å². The molecule has 1 saturated heterocycles. The van der Waals surface area contributed by atoms with Gasteiger partial charge in [0.1, 0.15) is 22.3 Å². The fourth-order valence-electron chi connectivity index (χ4n) is 2.01. The van der Waals surface area contributed by atoms with Crippen LogP contribution in [0, 0.1) is 0 Å². The molecule has 1 aromatic heterocycles. The molecule has 2 heterocycles. The normalized spacial score (nSPS) is 19.4. The van der Waals surface area contributed by atoms with E-state index in [1.807, 2.05) is 13.1 Å². The number of rotatable bonds is 4. The number of amides is 1. The van der Waals surface area contributed by atoms with Crippen molar-refractivity contribution in [2.24, 2.45) is 0 Å². The summed E-state index contributed by atoms with van der Waals surface area (Å²) in [5.41, 5.74) is 0. The van der Waals surface area contributed by atoms with E-state index in [1.165, 1.54) is 0 Å². The molecule has 1 N–H and O–H groups in total. The highest BCUT2D eigenvalue weighted by Gasteiger charge is 2.29. The number of carbonyl (C=O) groups excluding carboxylic acids is 1. The lowest BCUT2D eigenvalue weighted by molar-refractivity contribution is -0.127. The molecule has 1 amide bonds. The predicted octanol–water partition coefficient (Wildman–Crippen LogP) is 1.83. The molecule has 0 aliphatic carbocycles. The number of aryl methyl sites for hydroxylation is 1. The quantitative estimate of drug-likeness (QED) is 0.862. The summed E-state index contributed by atoms with van der Waals surface area (Å²) in [5, 5.41) is 3.19. The number of hydrogen-bond acceptors (Lipinski definition) is 4. The number of aromatic nitrogens is 2. The van der Waals surface area contributed by atoms with Crippen molar-refractivity contribution in [3.63, 3.8) is 0 Å². The first-order chi connectivity index (χ1) is 8.60. The molecule has 2 rings (SSSR count). The van der Waals surface area contributed by atoms with Gasteiger partial charge in [0.2, 0.25) is 5.91 Å². The van der Waals surface area contributed by atoms with Crippen LogP contribution in [0.2, 0.25) is 0 Å². The fraction of sp³-hybridized carbons (Fsp3) is 0.583. The zero-order chi connectivity index (χ0) is 13.1. The van der Waals surface area contributed by atoms with Gasteiger partial charge in [0.05, 0.1) is 0 Å². The summed E-state index contributed by atoms with van der Waals surface area (Å²) in [7, 11) is 1.82. The third kappa shape index (κ3) is 2.98. The van der Waals surface area contributed by atoms with Gasteiger partial charge in [-0.25, -0.2) is 9.97 Å². The molecule has 6 heteroatoms. The van der Waals surface area contributed by atoms with Crippen LogP contribution in [0.15, 0.2) is 10.7 Å². The van der Waals surface area contributed by atoms with Gasteiger partial charge in [0, 0.05) is 26.1 Å². The number of nitrogens with zero attached hydrogens (tertiary/aromatic N) is 3. The fourth-order valence-corrected chi connectivity index (χ4v) is 2.43. The highest BCUT2D eigenvalue weighted by Crippen LogP contribution is 2.18. The maximum Gasteiger partial charge on any atom is 0.244 e. The summed E-state index contributed by atoms with van der Waals surface area (Å²) in [6.07, 6.45) is 2.66. The Balaban J connectivity index is 2.11. The Morgan fingerprint density at radius 3 is 2.94 bits per heavy atom. The van der Waals surface area contributed by atoms with Crippen molar-refractivity contribution in [2.45, 2.75) is 32.2 Å². The first kappa shape index (κ1) is 13.3. The molecule has 1 fully saturated rings. The number of anilines is 1. The van der Waals surface area contributed by atoms with E-state index in [9.17, 15) is 4.79 Å². The molecular formula is C12H17BrN4O. The monoisotopic (exact) mass is 312 g/mol. The minimum absolute atomic E-state index is 0.127.